The molecule has 2 atom stereocenters. The van der Waals surface area contributed by atoms with Gasteiger partial charge in [0.1, 0.15) is 23.5 Å². The Labute approximate surface area is 193 Å². The molecule has 5 rings (SSSR count). The number of carbonyl (C=O) groups excluding carboxylic acids is 1. The molecule has 1 aromatic heterocycles. The number of hydrogen-bond donors (Lipinski definition) is 1. The molecule has 1 N–H and O–H groups in total. The molecule has 2 bridgehead atoms. The summed E-state index contributed by atoms with van der Waals surface area (Å²) in [5.41, 5.74) is 0.614. The number of amides is 1. The first kappa shape index (κ1) is 21.7. The van der Waals surface area contributed by atoms with Gasteiger partial charge in [-0.15, -0.1) is 0 Å². The number of benzene rings is 1. The number of nitriles is 1. The fourth-order valence-electron chi connectivity index (χ4n) is 5.51. The van der Waals surface area contributed by atoms with Gasteiger partial charge in [0, 0.05) is 42.5 Å². The van der Waals surface area contributed by atoms with Gasteiger partial charge in [-0.2, -0.15) is 5.26 Å². The van der Waals surface area contributed by atoms with Crippen LogP contribution < -0.4 is 15.0 Å². The zero-order chi connectivity index (χ0) is 23.0. The van der Waals surface area contributed by atoms with E-state index in [2.05, 4.69) is 21.3 Å². The van der Waals surface area contributed by atoms with Crippen molar-refractivity contribution in [3.8, 4) is 11.8 Å². The van der Waals surface area contributed by atoms with Gasteiger partial charge in [0.15, 0.2) is 0 Å². The molecule has 33 heavy (non-hydrogen) atoms. The van der Waals surface area contributed by atoms with E-state index in [1.165, 1.54) is 6.07 Å². The number of nitrogens with one attached hydrogen (secondary N) is 1. The summed E-state index contributed by atoms with van der Waals surface area (Å²) in [5.74, 6) is 1.27. The van der Waals surface area contributed by atoms with Crippen LogP contribution in [-0.2, 0) is 10.3 Å². The summed E-state index contributed by atoms with van der Waals surface area (Å²) in [6, 6.07) is 11.0. The van der Waals surface area contributed by atoms with Crippen LogP contribution in [0, 0.1) is 17.1 Å². The number of likely N-dealkylation sites (tertiary alicyclic amines) is 1. The van der Waals surface area contributed by atoms with E-state index in [0.717, 1.165) is 37.9 Å². The molecule has 2 saturated heterocycles. The van der Waals surface area contributed by atoms with Crippen molar-refractivity contribution in [2.45, 2.75) is 49.7 Å². The van der Waals surface area contributed by atoms with Crippen molar-refractivity contribution in [3.63, 3.8) is 0 Å². The maximum absolute atomic E-state index is 14.6. The van der Waals surface area contributed by atoms with Gasteiger partial charge in [-0.1, -0.05) is 0 Å². The average Bonchev–Trinajstić information content (AvgIpc) is 3.08. The van der Waals surface area contributed by atoms with Crippen LogP contribution >= 0.6 is 0 Å². The van der Waals surface area contributed by atoms with Crippen LogP contribution in [0.2, 0.25) is 0 Å². The topological polar surface area (TPSA) is 81.5 Å². The zero-order valence-corrected chi connectivity index (χ0v) is 18.8. The van der Waals surface area contributed by atoms with Crippen LogP contribution in [-0.4, -0.2) is 54.6 Å². The highest BCUT2D eigenvalue weighted by Gasteiger charge is 2.44. The summed E-state index contributed by atoms with van der Waals surface area (Å²) in [4.78, 5) is 21.9. The average molecular weight is 450 g/mol. The number of piperazine rings is 1. The first-order valence-corrected chi connectivity index (χ1v) is 11.5. The highest BCUT2D eigenvalue weighted by molar-refractivity contribution is 5.79. The van der Waals surface area contributed by atoms with Crippen molar-refractivity contribution >= 4 is 11.7 Å². The second-order valence-corrected chi connectivity index (χ2v) is 9.24. The number of aromatic nitrogens is 1. The van der Waals surface area contributed by atoms with Crippen molar-refractivity contribution in [1.82, 2.24) is 15.2 Å². The third kappa shape index (κ3) is 3.91. The zero-order valence-electron chi connectivity index (χ0n) is 18.8. The minimum Gasteiger partial charge on any atom is -0.497 e. The number of rotatable bonds is 6. The predicted octanol–water partition coefficient (Wildman–Crippen LogP) is 2.95. The standard InChI is InChI=1S/C25H28FN5O2/c1-33-20-6-7-22(26)21(11-20)25(9-2-10-25)29-14-24(32)30-15-18-4-5-19(16-30)31(18)23-8-3-17(12-27)13-28-23/h3,6-8,11,13,18-19,29H,2,4-5,9-10,14-16H2,1H3. The molecular weight excluding hydrogens is 421 g/mol. The molecule has 3 aliphatic rings. The maximum atomic E-state index is 14.6. The molecule has 7 nitrogen and oxygen atoms in total. The molecule has 1 saturated carbocycles. The van der Waals surface area contributed by atoms with Crippen molar-refractivity contribution < 1.29 is 13.9 Å². The van der Waals surface area contributed by atoms with Gasteiger partial charge >= 0.3 is 0 Å². The first-order chi connectivity index (χ1) is 16.0. The quantitative estimate of drug-likeness (QED) is 0.730. The van der Waals surface area contributed by atoms with E-state index in [4.69, 9.17) is 10.00 Å². The van der Waals surface area contributed by atoms with Gasteiger partial charge in [-0.05, 0) is 62.4 Å². The second-order valence-electron chi connectivity index (χ2n) is 9.24. The molecule has 0 spiro atoms. The summed E-state index contributed by atoms with van der Waals surface area (Å²) in [6.45, 7) is 1.49. The molecule has 172 valence electrons. The minimum absolute atomic E-state index is 0.0499. The lowest BCUT2D eigenvalue weighted by atomic mass is 9.71. The smallest absolute Gasteiger partial charge is 0.236 e. The van der Waals surface area contributed by atoms with Crippen LogP contribution in [0.15, 0.2) is 36.5 Å². The van der Waals surface area contributed by atoms with Gasteiger partial charge in [0.25, 0.3) is 0 Å². The lowest BCUT2D eigenvalue weighted by Crippen LogP contribution is -2.58. The van der Waals surface area contributed by atoms with Crippen LogP contribution in [0.3, 0.4) is 0 Å². The highest BCUT2D eigenvalue weighted by atomic mass is 19.1. The lowest BCUT2D eigenvalue weighted by molar-refractivity contribution is -0.131. The number of ether oxygens (including phenoxy) is 1. The maximum Gasteiger partial charge on any atom is 0.236 e. The van der Waals surface area contributed by atoms with Crippen LogP contribution in [0.1, 0.15) is 43.2 Å². The Balaban J connectivity index is 1.25. The normalized spacial score (nSPS) is 23.1. The van der Waals surface area contributed by atoms with Gasteiger partial charge in [0.05, 0.1) is 19.2 Å². The van der Waals surface area contributed by atoms with E-state index in [9.17, 15) is 9.18 Å². The Morgan fingerprint density at radius 3 is 2.61 bits per heavy atom. The van der Waals surface area contributed by atoms with Gasteiger partial charge in [0.2, 0.25) is 5.91 Å². The molecule has 1 amide bonds. The van der Waals surface area contributed by atoms with E-state index in [-0.39, 0.29) is 30.4 Å². The van der Waals surface area contributed by atoms with Crippen molar-refractivity contribution in [2.24, 2.45) is 0 Å². The summed E-state index contributed by atoms with van der Waals surface area (Å²) >= 11 is 0. The van der Waals surface area contributed by atoms with E-state index >= 15 is 0 Å². The lowest BCUT2D eigenvalue weighted by Gasteiger charge is -2.45. The Kier molecular flexibility index (Phi) is 5.67. The molecule has 1 aromatic carbocycles. The molecule has 3 fully saturated rings. The fourth-order valence-corrected chi connectivity index (χ4v) is 5.51. The van der Waals surface area contributed by atoms with Crippen LogP contribution in [0.5, 0.6) is 5.75 Å². The molecular formula is C25H28FN5O2. The minimum atomic E-state index is -0.512. The third-order valence-electron chi connectivity index (χ3n) is 7.45. The second kappa shape index (κ2) is 8.64. The van der Waals surface area contributed by atoms with Crippen molar-refractivity contribution in [2.75, 3.05) is 31.6 Å². The predicted molar refractivity (Wildman–Crippen MR) is 121 cm³/mol. The molecule has 0 radical (unpaired) electrons. The monoisotopic (exact) mass is 449 g/mol. The Morgan fingerprint density at radius 2 is 2.03 bits per heavy atom. The van der Waals surface area contributed by atoms with E-state index in [1.807, 2.05) is 11.0 Å². The first-order valence-electron chi connectivity index (χ1n) is 11.5. The van der Waals surface area contributed by atoms with E-state index in [1.54, 1.807) is 31.5 Å². The number of fused-ring (bicyclic) bond motifs is 2. The van der Waals surface area contributed by atoms with Crippen LogP contribution in [0.25, 0.3) is 0 Å². The van der Waals surface area contributed by atoms with Gasteiger partial charge in [-0.3, -0.25) is 10.1 Å². The van der Waals surface area contributed by atoms with Crippen LogP contribution in [0.4, 0.5) is 10.2 Å². The number of pyridine rings is 1. The number of halogens is 1. The van der Waals surface area contributed by atoms with E-state index in [0.29, 0.717) is 30.0 Å². The molecule has 2 unspecified atom stereocenters. The number of nitrogens with zero attached hydrogens (tertiary/aromatic N) is 4. The number of hydrogen-bond acceptors (Lipinski definition) is 6. The summed E-state index contributed by atoms with van der Waals surface area (Å²) in [6.07, 6.45) is 6.23. The van der Waals surface area contributed by atoms with Crippen molar-refractivity contribution in [1.29, 1.82) is 5.26 Å². The molecule has 3 heterocycles. The Morgan fingerprint density at radius 1 is 1.27 bits per heavy atom. The largest absolute Gasteiger partial charge is 0.497 e. The molecule has 2 aromatic rings. The van der Waals surface area contributed by atoms with Crippen molar-refractivity contribution in [3.05, 3.63) is 53.5 Å². The molecule has 2 aliphatic heterocycles. The van der Waals surface area contributed by atoms with Gasteiger partial charge < -0.3 is 14.5 Å². The number of methoxy groups -OCH3 is 1. The Hall–Kier alpha value is -3.18. The summed E-state index contributed by atoms with van der Waals surface area (Å²) in [7, 11) is 1.57. The Bertz CT molecular complexity index is 1070. The SMILES string of the molecule is COc1ccc(F)c(C2(NCC(=O)N3CC4CCC(C3)N4c3ccc(C#N)cn3)CCC2)c1. The molecule has 1 aliphatic carbocycles. The number of carbonyl (C=O) groups is 1. The highest BCUT2D eigenvalue weighted by Crippen LogP contribution is 2.43. The fraction of sp³-hybridized carbons (Fsp3) is 0.480. The third-order valence-corrected chi connectivity index (χ3v) is 7.45. The van der Waals surface area contributed by atoms with Gasteiger partial charge in [-0.25, -0.2) is 9.37 Å². The number of anilines is 1. The van der Waals surface area contributed by atoms with E-state index < -0.39 is 5.54 Å². The summed E-state index contributed by atoms with van der Waals surface area (Å²) < 4.78 is 19.9. The summed E-state index contributed by atoms with van der Waals surface area (Å²) in [5, 5.41) is 12.4. The molecule has 8 heteroatoms.